The summed E-state index contributed by atoms with van der Waals surface area (Å²) in [5, 5.41) is 11.8. The summed E-state index contributed by atoms with van der Waals surface area (Å²) in [5.41, 5.74) is 1.59. The van der Waals surface area contributed by atoms with Gasteiger partial charge in [0, 0.05) is 23.9 Å². The van der Waals surface area contributed by atoms with Crippen LogP contribution in [-0.4, -0.2) is 14.2 Å². The maximum absolute atomic E-state index is 13.8. The van der Waals surface area contributed by atoms with Gasteiger partial charge in [-0.05, 0) is 24.3 Å². The Morgan fingerprint density at radius 1 is 1.10 bits per heavy atom. The Bertz CT molecular complexity index is 680. The normalized spacial score (nSPS) is 9.81. The molecule has 2 rings (SSSR count). The quantitative estimate of drug-likeness (QED) is 0.916. The van der Waals surface area contributed by atoms with E-state index in [1.807, 2.05) is 12.1 Å². The average Bonchev–Trinajstić information content (AvgIpc) is 2.53. The summed E-state index contributed by atoms with van der Waals surface area (Å²) in [6.45, 7) is 0.313. The SMILES string of the molecule is COc1ccc(NCc2ccc(C#N)cc2F)cc1OC. The summed E-state index contributed by atoms with van der Waals surface area (Å²) in [6, 6.07) is 11.7. The Morgan fingerprint density at radius 3 is 2.48 bits per heavy atom. The lowest BCUT2D eigenvalue weighted by Crippen LogP contribution is -2.02. The molecule has 0 saturated heterocycles. The number of ether oxygens (including phenoxy) is 2. The highest BCUT2D eigenvalue weighted by atomic mass is 19.1. The molecule has 0 saturated carbocycles. The van der Waals surface area contributed by atoms with Gasteiger partial charge in [0.1, 0.15) is 5.82 Å². The summed E-state index contributed by atoms with van der Waals surface area (Å²) in [4.78, 5) is 0. The number of halogens is 1. The van der Waals surface area contributed by atoms with Gasteiger partial charge in [0.05, 0.1) is 25.9 Å². The maximum Gasteiger partial charge on any atom is 0.162 e. The third-order valence-electron chi connectivity index (χ3n) is 3.05. The van der Waals surface area contributed by atoms with Crippen molar-refractivity contribution in [2.45, 2.75) is 6.54 Å². The van der Waals surface area contributed by atoms with Crippen molar-refractivity contribution < 1.29 is 13.9 Å². The van der Waals surface area contributed by atoms with Crippen LogP contribution < -0.4 is 14.8 Å². The largest absolute Gasteiger partial charge is 0.493 e. The fraction of sp³-hybridized carbons (Fsp3) is 0.188. The van der Waals surface area contributed by atoms with Crippen LogP contribution in [0.5, 0.6) is 11.5 Å². The molecule has 0 aliphatic rings. The molecule has 0 aromatic heterocycles. The molecule has 2 aromatic rings. The summed E-state index contributed by atoms with van der Waals surface area (Å²) >= 11 is 0. The molecule has 0 bridgehead atoms. The van der Waals surface area contributed by atoms with E-state index >= 15 is 0 Å². The molecule has 0 aliphatic heterocycles. The van der Waals surface area contributed by atoms with Gasteiger partial charge in [-0.1, -0.05) is 6.07 Å². The highest BCUT2D eigenvalue weighted by Gasteiger charge is 2.06. The van der Waals surface area contributed by atoms with Crippen LogP contribution in [0.25, 0.3) is 0 Å². The van der Waals surface area contributed by atoms with Gasteiger partial charge in [-0.25, -0.2) is 4.39 Å². The van der Waals surface area contributed by atoms with Crippen LogP contribution in [0, 0.1) is 17.1 Å². The van der Waals surface area contributed by atoms with Gasteiger partial charge in [-0.3, -0.25) is 0 Å². The number of benzene rings is 2. The summed E-state index contributed by atoms with van der Waals surface area (Å²) in [6.07, 6.45) is 0. The second-order valence-electron chi connectivity index (χ2n) is 4.34. The predicted molar refractivity (Wildman–Crippen MR) is 78.0 cm³/mol. The maximum atomic E-state index is 13.8. The van der Waals surface area contributed by atoms with Gasteiger partial charge in [0.25, 0.3) is 0 Å². The second kappa shape index (κ2) is 6.62. The minimum absolute atomic E-state index is 0.308. The molecule has 0 atom stereocenters. The monoisotopic (exact) mass is 286 g/mol. The number of nitrogens with one attached hydrogen (secondary N) is 1. The highest BCUT2D eigenvalue weighted by Crippen LogP contribution is 2.30. The van der Waals surface area contributed by atoms with Crippen LogP contribution in [0.15, 0.2) is 36.4 Å². The molecule has 1 N–H and O–H groups in total. The number of nitriles is 1. The minimum atomic E-state index is -0.401. The molecular formula is C16H15FN2O2. The lowest BCUT2D eigenvalue weighted by Gasteiger charge is -2.11. The van der Waals surface area contributed by atoms with Crippen LogP contribution >= 0.6 is 0 Å². The number of hydrogen-bond acceptors (Lipinski definition) is 4. The van der Waals surface area contributed by atoms with Crippen molar-refractivity contribution in [2.24, 2.45) is 0 Å². The molecule has 0 spiro atoms. The van der Waals surface area contributed by atoms with Crippen LogP contribution in [0.2, 0.25) is 0 Å². The van der Waals surface area contributed by atoms with Gasteiger partial charge in [0.2, 0.25) is 0 Å². The van der Waals surface area contributed by atoms with E-state index in [0.29, 0.717) is 29.2 Å². The second-order valence-corrected chi connectivity index (χ2v) is 4.34. The van der Waals surface area contributed by atoms with Crippen molar-refractivity contribution >= 4 is 5.69 Å². The minimum Gasteiger partial charge on any atom is -0.493 e. The molecule has 0 aliphatic carbocycles. The van der Waals surface area contributed by atoms with Crippen LogP contribution in [-0.2, 0) is 6.54 Å². The fourth-order valence-corrected chi connectivity index (χ4v) is 1.90. The van der Waals surface area contributed by atoms with Crippen LogP contribution in [0.3, 0.4) is 0 Å². The molecule has 0 unspecified atom stereocenters. The van der Waals surface area contributed by atoms with E-state index in [1.165, 1.54) is 6.07 Å². The third kappa shape index (κ3) is 3.42. The van der Waals surface area contributed by atoms with Gasteiger partial charge in [-0.2, -0.15) is 5.26 Å². The van der Waals surface area contributed by atoms with E-state index < -0.39 is 5.82 Å². The Kier molecular flexibility index (Phi) is 4.62. The highest BCUT2D eigenvalue weighted by molar-refractivity contribution is 5.55. The molecule has 0 amide bonds. The number of hydrogen-bond donors (Lipinski definition) is 1. The van der Waals surface area contributed by atoms with E-state index in [9.17, 15) is 4.39 Å². The van der Waals surface area contributed by atoms with Gasteiger partial charge >= 0.3 is 0 Å². The summed E-state index contributed by atoms with van der Waals surface area (Å²) in [5.74, 6) is 0.831. The smallest absolute Gasteiger partial charge is 0.162 e. The zero-order valence-electron chi connectivity index (χ0n) is 11.8. The van der Waals surface area contributed by atoms with Crippen molar-refractivity contribution in [3.63, 3.8) is 0 Å². The molecule has 2 aromatic carbocycles. The molecule has 4 nitrogen and oxygen atoms in total. The van der Waals surface area contributed by atoms with Crippen LogP contribution in [0.1, 0.15) is 11.1 Å². The molecule has 0 fully saturated rings. The van der Waals surface area contributed by atoms with Crippen LogP contribution in [0.4, 0.5) is 10.1 Å². The van der Waals surface area contributed by atoms with E-state index in [2.05, 4.69) is 5.32 Å². The first-order valence-corrected chi connectivity index (χ1v) is 6.32. The van der Waals surface area contributed by atoms with Crippen molar-refractivity contribution in [1.82, 2.24) is 0 Å². The number of nitrogens with zero attached hydrogens (tertiary/aromatic N) is 1. The van der Waals surface area contributed by atoms with E-state index in [4.69, 9.17) is 14.7 Å². The van der Waals surface area contributed by atoms with Crippen molar-refractivity contribution in [3.05, 3.63) is 53.3 Å². The lowest BCUT2D eigenvalue weighted by molar-refractivity contribution is 0.355. The molecule has 21 heavy (non-hydrogen) atoms. The first-order valence-electron chi connectivity index (χ1n) is 6.32. The standard InChI is InChI=1S/C16H15FN2O2/c1-20-15-6-5-13(8-16(15)21-2)19-10-12-4-3-11(9-18)7-14(12)17/h3-8,19H,10H2,1-2H3. The Hall–Kier alpha value is -2.74. The van der Waals surface area contributed by atoms with Gasteiger partial charge in [-0.15, -0.1) is 0 Å². The molecule has 0 heterocycles. The molecule has 5 heteroatoms. The molecular weight excluding hydrogens is 271 g/mol. The topological polar surface area (TPSA) is 54.3 Å². The van der Waals surface area contributed by atoms with Gasteiger partial charge in [0.15, 0.2) is 11.5 Å². The molecule has 0 radical (unpaired) electrons. The first kappa shape index (κ1) is 14.7. The van der Waals surface area contributed by atoms with Gasteiger partial charge < -0.3 is 14.8 Å². The Labute approximate surface area is 122 Å². The zero-order valence-corrected chi connectivity index (χ0v) is 11.8. The third-order valence-corrected chi connectivity index (χ3v) is 3.05. The number of anilines is 1. The number of methoxy groups -OCH3 is 2. The first-order chi connectivity index (χ1) is 10.2. The van der Waals surface area contributed by atoms with Crippen molar-refractivity contribution in [1.29, 1.82) is 5.26 Å². The lowest BCUT2D eigenvalue weighted by atomic mass is 10.1. The summed E-state index contributed by atoms with van der Waals surface area (Å²) in [7, 11) is 3.12. The van der Waals surface area contributed by atoms with E-state index in [1.54, 1.807) is 38.5 Å². The Morgan fingerprint density at radius 2 is 1.86 bits per heavy atom. The van der Waals surface area contributed by atoms with E-state index in [0.717, 1.165) is 5.69 Å². The zero-order chi connectivity index (χ0) is 15.2. The van der Waals surface area contributed by atoms with E-state index in [-0.39, 0.29) is 0 Å². The predicted octanol–water partition coefficient (Wildman–Crippen LogP) is 3.33. The van der Waals surface area contributed by atoms with Crippen molar-refractivity contribution in [2.75, 3.05) is 19.5 Å². The average molecular weight is 286 g/mol. The summed E-state index contributed by atoms with van der Waals surface area (Å²) < 4.78 is 24.1. The van der Waals surface area contributed by atoms with Crippen molar-refractivity contribution in [3.8, 4) is 17.6 Å². The molecule has 108 valence electrons. The fourth-order valence-electron chi connectivity index (χ4n) is 1.90. The number of rotatable bonds is 5. The Balaban J connectivity index is 2.11.